The molecular weight excluding hydrogens is 344 g/mol. The second-order valence-corrected chi connectivity index (χ2v) is 7.08. The number of hydrogen-bond acceptors (Lipinski definition) is 3. The zero-order chi connectivity index (χ0) is 17.8. The first-order valence-electron chi connectivity index (χ1n) is 9.04. The summed E-state index contributed by atoms with van der Waals surface area (Å²) < 4.78 is 2.24. The average molecular weight is 367 g/mol. The standard InChI is InChI=1S/C21H23ClN4/c22-19-9-5-4-8-18(19)20-14-23-10-12-25(20)16-21-24-11-13-26(21)15-17-6-2-1-3-7-17/h1-9,11,13,20,23H,10,12,14-16H2. The largest absolute Gasteiger partial charge is 0.329 e. The Morgan fingerprint density at radius 2 is 1.85 bits per heavy atom. The first-order chi connectivity index (χ1) is 12.8. The van der Waals surface area contributed by atoms with Gasteiger partial charge in [-0.15, -0.1) is 0 Å². The molecule has 1 aromatic heterocycles. The van der Waals surface area contributed by atoms with Crippen molar-refractivity contribution < 1.29 is 0 Å². The van der Waals surface area contributed by atoms with E-state index in [1.165, 1.54) is 11.1 Å². The summed E-state index contributed by atoms with van der Waals surface area (Å²) in [5.74, 6) is 1.09. The van der Waals surface area contributed by atoms with E-state index in [4.69, 9.17) is 11.6 Å². The van der Waals surface area contributed by atoms with Crippen molar-refractivity contribution in [2.75, 3.05) is 19.6 Å². The molecule has 1 aliphatic heterocycles. The molecule has 0 bridgehead atoms. The molecule has 1 aliphatic rings. The van der Waals surface area contributed by atoms with E-state index in [0.29, 0.717) is 0 Å². The molecule has 0 radical (unpaired) electrons. The smallest absolute Gasteiger partial charge is 0.123 e. The molecule has 5 heteroatoms. The summed E-state index contributed by atoms with van der Waals surface area (Å²) in [6, 6.07) is 18.9. The van der Waals surface area contributed by atoms with Crippen molar-refractivity contribution in [2.24, 2.45) is 0 Å². The Hall–Kier alpha value is -2.14. The predicted octanol–water partition coefficient (Wildman–Crippen LogP) is 3.73. The minimum atomic E-state index is 0.263. The third kappa shape index (κ3) is 3.83. The van der Waals surface area contributed by atoms with Crippen LogP contribution in [0.3, 0.4) is 0 Å². The second-order valence-electron chi connectivity index (χ2n) is 6.67. The maximum absolute atomic E-state index is 6.47. The van der Waals surface area contributed by atoms with E-state index in [0.717, 1.165) is 43.6 Å². The fraction of sp³-hybridized carbons (Fsp3) is 0.286. The average Bonchev–Trinajstić information content (AvgIpc) is 3.10. The zero-order valence-corrected chi connectivity index (χ0v) is 15.4. The topological polar surface area (TPSA) is 33.1 Å². The van der Waals surface area contributed by atoms with Crippen molar-refractivity contribution in [1.82, 2.24) is 19.8 Å². The minimum absolute atomic E-state index is 0.263. The van der Waals surface area contributed by atoms with E-state index < -0.39 is 0 Å². The number of halogens is 1. The predicted molar refractivity (Wildman–Crippen MR) is 105 cm³/mol. The summed E-state index contributed by atoms with van der Waals surface area (Å²) in [7, 11) is 0. The minimum Gasteiger partial charge on any atom is -0.329 e. The fourth-order valence-corrected chi connectivity index (χ4v) is 3.85. The summed E-state index contributed by atoms with van der Waals surface area (Å²) >= 11 is 6.47. The highest BCUT2D eigenvalue weighted by molar-refractivity contribution is 6.31. The second kappa shape index (κ2) is 8.04. The van der Waals surface area contributed by atoms with Crippen LogP contribution in [0.2, 0.25) is 5.02 Å². The first-order valence-corrected chi connectivity index (χ1v) is 9.42. The van der Waals surface area contributed by atoms with Crippen molar-refractivity contribution in [3.05, 3.63) is 89.0 Å². The van der Waals surface area contributed by atoms with Crippen molar-refractivity contribution in [2.45, 2.75) is 19.1 Å². The lowest BCUT2D eigenvalue weighted by atomic mass is 10.0. The van der Waals surface area contributed by atoms with E-state index in [2.05, 4.69) is 62.4 Å². The van der Waals surface area contributed by atoms with Crippen LogP contribution in [-0.4, -0.2) is 34.1 Å². The Labute approximate surface area is 159 Å². The van der Waals surface area contributed by atoms with Gasteiger partial charge in [0.1, 0.15) is 5.82 Å². The normalized spacial score (nSPS) is 18.1. The van der Waals surface area contributed by atoms with E-state index in [-0.39, 0.29) is 6.04 Å². The van der Waals surface area contributed by atoms with Crippen molar-refractivity contribution >= 4 is 11.6 Å². The van der Waals surface area contributed by atoms with Gasteiger partial charge in [-0.25, -0.2) is 4.98 Å². The number of hydrogen-bond donors (Lipinski definition) is 1. The van der Waals surface area contributed by atoms with Crippen LogP contribution < -0.4 is 5.32 Å². The molecule has 2 heterocycles. The van der Waals surface area contributed by atoms with Crippen LogP contribution in [0.15, 0.2) is 67.0 Å². The Morgan fingerprint density at radius 1 is 1.04 bits per heavy atom. The SMILES string of the molecule is Clc1ccccc1C1CNCCN1Cc1nccn1Cc1ccccc1. The highest BCUT2D eigenvalue weighted by atomic mass is 35.5. The molecule has 1 atom stereocenters. The lowest BCUT2D eigenvalue weighted by molar-refractivity contribution is 0.148. The fourth-order valence-electron chi connectivity index (χ4n) is 3.59. The van der Waals surface area contributed by atoms with Gasteiger partial charge in [-0.3, -0.25) is 4.90 Å². The number of aromatic nitrogens is 2. The number of rotatable bonds is 5. The quantitative estimate of drug-likeness (QED) is 0.746. The van der Waals surface area contributed by atoms with Crippen molar-refractivity contribution in [1.29, 1.82) is 0 Å². The Bertz CT molecular complexity index is 846. The summed E-state index contributed by atoms with van der Waals surface area (Å²) in [5.41, 5.74) is 2.47. The molecule has 134 valence electrons. The Morgan fingerprint density at radius 3 is 2.69 bits per heavy atom. The van der Waals surface area contributed by atoms with Gasteiger partial charge in [-0.05, 0) is 17.2 Å². The van der Waals surface area contributed by atoms with Gasteiger partial charge in [-0.2, -0.15) is 0 Å². The molecule has 0 saturated carbocycles. The summed E-state index contributed by atoms with van der Waals surface area (Å²) in [4.78, 5) is 7.10. The van der Waals surface area contributed by atoms with E-state index in [1.54, 1.807) is 0 Å². The van der Waals surface area contributed by atoms with E-state index in [1.807, 2.05) is 24.4 Å². The van der Waals surface area contributed by atoms with Crippen LogP contribution >= 0.6 is 11.6 Å². The molecule has 0 amide bonds. The summed E-state index contributed by atoms with van der Waals surface area (Å²) in [6.07, 6.45) is 3.96. The van der Waals surface area contributed by atoms with Gasteiger partial charge in [0.05, 0.1) is 6.54 Å². The van der Waals surface area contributed by atoms with Gasteiger partial charge < -0.3 is 9.88 Å². The summed E-state index contributed by atoms with van der Waals surface area (Å²) in [6.45, 7) is 4.54. The molecule has 1 N–H and O–H groups in total. The lowest BCUT2D eigenvalue weighted by Crippen LogP contribution is -2.46. The molecule has 1 saturated heterocycles. The van der Waals surface area contributed by atoms with Crippen molar-refractivity contribution in [3.63, 3.8) is 0 Å². The van der Waals surface area contributed by atoms with Gasteiger partial charge in [0.2, 0.25) is 0 Å². The third-order valence-electron chi connectivity index (χ3n) is 4.96. The van der Waals surface area contributed by atoms with Crippen LogP contribution in [0.25, 0.3) is 0 Å². The molecule has 0 spiro atoms. The van der Waals surface area contributed by atoms with Gasteiger partial charge in [0.15, 0.2) is 0 Å². The van der Waals surface area contributed by atoms with Gasteiger partial charge in [-0.1, -0.05) is 60.1 Å². The Kier molecular flexibility index (Phi) is 5.34. The molecule has 1 fully saturated rings. The number of nitrogens with one attached hydrogen (secondary N) is 1. The van der Waals surface area contributed by atoms with Crippen LogP contribution in [0.5, 0.6) is 0 Å². The number of piperazine rings is 1. The number of imidazole rings is 1. The molecule has 2 aromatic carbocycles. The molecule has 3 aromatic rings. The third-order valence-corrected chi connectivity index (χ3v) is 5.30. The highest BCUT2D eigenvalue weighted by Gasteiger charge is 2.26. The highest BCUT2D eigenvalue weighted by Crippen LogP contribution is 2.29. The van der Waals surface area contributed by atoms with Crippen molar-refractivity contribution in [3.8, 4) is 0 Å². The monoisotopic (exact) mass is 366 g/mol. The number of benzene rings is 2. The van der Waals surface area contributed by atoms with E-state index >= 15 is 0 Å². The molecule has 4 nitrogen and oxygen atoms in total. The van der Waals surface area contributed by atoms with Crippen LogP contribution in [0.1, 0.15) is 23.0 Å². The van der Waals surface area contributed by atoms with Crippen LogP contribution in [0, 0.1) is 0 Å². The maximum atomic E-state index is 6.47. The molecule has 26 heavy (non-hydrogen) atoms. The molecule has 4 rings (SSSR count). The van der Waals surface area contributed by atoms with Gasteiger partial charge in [0, 0.05) is 49.6 Å². The number of nitrogens with zero attached hydrogens (tertiary/aromatic N) is 3. The van der Waals surface area contributed by atoms with Gasteiger partial charge >= 0.3 is 0 Å². The lowest BCUT2D eigenvalue weighted by Gasteiger charge is -2.36. The van der Waals surface area contributed by atoms with Crippen LogP contribution in [0.4, 0.5) is 0 Å². The van der Waals surface area contributed by atoms with Gasteiger partial charge in [0.25, 0.3) is 0 Å². The maximum Gasteiger partial charge on any atom is 0.123 e. The zero-order valence-electron chi connectivity index (χ0n) is 14.7. The Balaban J connectivity index is 1.54. The summed E-state index contributed by atoms with van der Waals surface area (Å²) in [5, 5.41) is 4.33. The molecular formula is C21H23ClN4. The molecule has 1 unspecified atom stereocenters. The first kappa shape index (κ1) is 17.3. The van der Waals surface area contributed by atoms with Crippen LogP contribution in [-0.2, 0) is 13.1 Å². The molecule has 0 aliphatic carbocycles. The van der Waals surface area contributed by atoms with E-state index in [9.17, 15) is 0 Å².